The molecule has 0 fully saturated rings. The second kappa shape index (κ2) is 5.86. The van der Waals surface area contributed by atoms with E-state index in [1.54, 1.807) is 0 Å². The van der Waals surface area contributed by atoms with Crippen LogP contribution in [0.2, 0.25) is 0 Å². The largest absolute Gasteiger partial charge is 0.299 e. The van der Waals surface area contributed by atoms with Gasteiger partial charge in [0.25, 0.3) is 0 Å². The molecule has 0 saturated heterocycles. The van der Waals surface area contributed by atoms with Gasteiger partial charge in [-0.2, -0.15) is 0 Å². The molecule has 0 amide bonds. The zero-order chi connectivity index (χ0) is 16.7. The Labute approximate surface area is 141 Å². The van der Waals surface area contributed by atoms with Crippen LogP contribution >= 0.6 is 0 Å². The van der Waals surface area contributed by atoms with Gasteiger partial charge in [-0.25, -0.2) is 0 Å². The van der Waals surface area contributed by atoms with E-state index in [9.17, 15) is 9.59 Å². The van der Waals surface area contributed by atoms with Crippen molar-refractivity contribution in [3.05, 3.63) is 59.2 Å². The highest BCUT2D eigenvalue weighted by atomic mass is 16.1. The van der Waals surface area contributed by atoms with Gasteiger partial charge in [0.1, 0.15) is 5.78 Å². The van der Waals surface area contributed by atoms with Crippen LogP contribution < -0.4 is 0 Å². The molecule has 3 aromatic carbocycles. The molecular formula is C22H20O2. The number of unbranched alkanes of at least 4 members (excludes halogenated alkanes) is 1. The maximum Gasteiger partial charge on any atom is 0.171 e. The monoisotopic (exact) mass is 316 g/mol. The summed E-state index contributed by atoms with van der Waals surface area (Å²) in [5.74, 6) is 0.00224. The van der Waals surface area contributed by atoms with E-state index in [1.807, 2.05) is 6.07 Å². The molecule has 3 aromatic rings. The van der Waals surface area contributed by atoms with E-state index >= 15 is 0 Å². The molecule has 1 aliphatic carbocycles. The summed E-state index contributed by atoms with van der Waals surface area (Å²) >= 11 is 0. The van der Waals surface area contributed by atoms with Crippen molar-refractivity contribution >= 4 is 33.1 Å². The Bertz CT molecular complexity index is 982. The number of hydrogen-bond acceptors (Lipinski definition) is 2. The molecule has 0 bridgehead atoms. The number of hydrogen-bond donors (Lipinski definition) is 0. The van der Waals surface area contributed by atoms with Crippen molar-refractivity contribution in [2.45, 2.75) is 39.0 Å². The number of carbonyl (C=O) groups is 2. The van der Waals surface area contributed by atoms with Gasteiger partial charge in [0.2, 0.25) is 0 Å². The normalized spacial score (nSPS) is 14.4. The van der Waals surface area contributed by atoms with Crippen molar-refractivity contribution < 1.29 is 9.59 Å². The Hall–Kier alpha value is -2.48. The van der Waals surface area contributed by atoms with Crippen LogP contribution in [-0.4, -0.2) is 11.6 Å². The second-order valence-corrected chi connectivity index (χ2v) is 6.70. The maximum atomic E-state index is 12.6. The van der Waals surface area contributed by atoms with Crippen molar-refractivity contribution in [3.63, 3.8) is 0 Å². The molecule has 2 nitrogen and oxygen atoms in total. The number of aryl methyl sites for hydroxylation is 1. The molecule has 2 heteroatoms. The van der Waals surface area contributed by atoms with Gasteiger partial charge >= 0.3 is 0 Å². The molecule has 0 spiro atoms. The van der Waals surface area contributed by atoms with Crippen molar-refractivity contribution in [1.29, 1.82) is 0 Å². The van der Waals surface area contributed by atoms with Crippen molar-refractivity contribution in [2.75, 3.05) is 0 Å². The Morgan fingerprint density at radius 1 is 0.875 bits per heavy atom. The molecule has 120 valence electrons. The van der Waals surface area contributed by atoms with E-state index in [4.69, 9.17) is 0 Å². The standard InChI is InChI=1S/C22H20O2/c1-2-3-6-14-12-20-19(18-8-5-4-7-17(14)18)10-9-15-11-16(23)13-21(24)22(15)20/h4-5,7-10,12H,2-3,6,11,13H2,1H3. The molecule has 1 aliphatic rings. The third-order valence-corrected chi connectivity index (χ3v) is 5.04. The fourth-order valence-electron chi connectivity index (χ4n) is 3.89. The minimum absolute atomic E-state index is 0.0245. The molecule has 0 radical (unpaired) electrons. The summed E-state index contributed by atoms with van der Waals surface area (Å²) in [5.41, 5.74) is 2.97. The van der Waals surface area contributed by atoms with Crippen LogP contribution in [0.15, 0.2) is 42.5 Å². The molecule has 0 N–H and O–H groups in total. The van der Waals surface area contributed by atoms with Gasteiger partial charge in [0.15, 0.2) is 5.78 Å². The first-order valence-corrected chi connectivity index (χ1v) is 8.70. The van der Waals surface area contributed by atoms with Gasteiger partial charge in [0.05, 0.1) is 6.42 Å². The van der Waals surface area contributed by atoms with Crippen LogP contribution in [0.25, 0.3) is 21.5 Å². The lowest BCUT2D eigenvalue weighted by atomic mass is 9.83. The Kier molecular flexibility index (Phi) is 3.68. The predicted molar refractivity (Wildman–Crippen MR) is 97.7 cm³/mol. The van der Waals surface area contributed by atoms with Crippen molar-refractivity contribution in [3.8, 4) is 0 Å². The Morgan fingerprint density at radius 3 is 2.42 bits per heavy atom. The zero-order valence-electron chi connectivity index (χ0n) is 13.9. The predicted octanol–water partition coefficient (Wildman–Crippen LogP) is 5.03. The summed E-state index contributed by atoms with van der Waals surface area (Å²) in [5, 5.41) is 4.62. The highest BCUT2D eigenvalue weighted by molar-refractivity contribution is 6.22. The molecule has 0 heterocycles. The lowest BCUT2D eigenvalue weighted by Crippen LogP contribution is -2.20. The first-order chi connectivity index (χ1) is 11.7. The van der Waals surface area contributed by atoms with E-state index in [-0.39, 0.29) is 18.0 Å². The van der Waals surface area contributed by atoms with Crippen molar-refractivity contribution in [1.82, 2.24) is 0 Å². The van der Waals surface area contributed by atoms with E-state index in [0.717, 1.165) is 41.2 Å². The molecule has 0 saturated carbocycles. The van der Waals surface area contributed by atoms with Gasteiger partial charge in [-0.05, 0) is 51.6 Å². The highest BCUT2D eigenvalue weighted by Crippen LogP contribution is 2.35. The van der Waals surface area contributed by atoms with Crippen LogP contribution in [0.3, 0.4) is 0 Å². The number of ketones is 2. The topological polar surface area (TPSA) is 34.1 Å². The summed E-state index contributed by atoms with van der Waals surface area (Å²) in [6.45, 7) is 2.19. The lowest BCUT2D eigenvalue weighted by molar-refractivity contribution is -0.117. The molecule has 0 atom stereocenters. The average Bonchev–Trinajstić information content (AvgIpc) is 2.58. The fourth-order valence-corrected chi connectivity index (χ4v) is 3.89. The van der Waals surface area contributed by atoms with E-state index in [1.165, 1.54) is 16.3 Å². The molecule has 0 aliphatic heterocycles. The van der Waals surface area contributed by atoms with E-state index < -0.39 is 0 Å². The minimum atomic E-state index is -0.0245. The third-order valence-electron chi connectivity index (χ3n) is 5.04. The first kappa shape index (κ1) is 15.1. The van der Waals surface area contributed by atoms with Crippen LogP contribution in [-0.2, 0) is 17.6 Å². The summed E-state index contributed by atoms with van der Waals surface area (Å²) in [7, 11) is 0. The van der Waals surface area contributed by atoms with Gasteiger partial charge in [-0.1, -0.05) is 49.7 Å². The SMILES string of the molecule is CCCCc1cc2c3c(ccc2c2ccccc12)CC(=O)CC3=O. The smallest absolute Gasteiger partial charge is 0.171 e. The van der Waals surface area contributed by atoms with Crippen LogP contribution in [0.1, 0.15) is 47.7 Å². The van der Waals surface area contributed by atoms with Gasteiger partial charge in [0, 0.05) is 12.0 Å². The minimum Gasteiger partial charge on any atom is -0.299 e. The van der Waals surface area contributed by atoms with Crippen LogP contribution in [0, 0.1) is 0 Å². The van der Waals surface area contributed by atoms with Crippen molar-refractivity contribution in [2.24, 2.45) is 0 Å². The number of carbonyl (C=O) groups excluding carboxylic acids is 2. The van der Waals surface area contributed by atoms with Gasteiger partial charge < -0.3 is 0 Å². The average molecular weight is 316 g/mol. The Morgan fingerprint density at radius 2 is 1.62 bits per heavy atom. The van der Waals surface area contributed by atoms with E-state index in [2.05, 4.69) is 43.3 Å². The number of fused-ring (bicyclic) bond motifs is 5. The Balaban J connectivity index is 2.07. The fraction of sp³-hybridized carbons (Fsp3) is 0.273. The maximum absolute atomic E-state index is 12.6. The summed E-state index contributed by atoms with van der Waals surface area (Å²) in [6.07, 6.45) is 3.73. The lowest BCUT2D eigenvalue weighted by Gasteiger charge is -2.18. The molecule has 24 heavy (non-hydrogen) atoms. The van der Waals surface area contributed by atoms with Gasteiger partial charge in [-0.3, -0.25) is 9.59 Å². The molecular weight excluding hydrogens is 296 g/mol. The summed E-state index contributed by atoms with van der Waals surface area (Å²) < 4.78 is 0. The molecule has 0 aromatic heterocycles. The van der Waals surface area contributed by atoms with E-state index in [0.29, 0.717) is 6.42 Å². The third kappa shape index (κ3) is 2.34. The quantitative estimate of drug-likeness (QED) is 0.501. The number of Topliss-reactive ketones (excluding diaryl/α,β-unsaturated/α-hetero) is 2. The van der Waals surface area contributed by atoms with Crippen LogP contribution in [0.5, 0.6) is 0 Å². The summed E-state index contributed by atoms with van der Waals surface area (Å²) in [4.78, 5) is 24.3. The number of rotatable bonds is 3. The van der Waals surface area contributed by atoms with Crippen LogP contribution in [0.4, 0.5) is 0 Å². The molecule has 0 unspecified atom stereocenters. The number of benzene rings is 3. The molecule has 4 rings (SSSR count). The highest BCUT2D eigenvalue weighted by Gasteiger charge is 2.25. The van der Waals surface area contributed by atoms with Gasteiger partial charge in [-0.15, -0.1) is 0 Å². The zero-order valence-corrected chi connectivity index (χ0v) is 13.9. The first-order valence-electron chi connectivity index (χ1n) is 8.70. The second-order valence-electron chi connectivity index (χ2n) is 6.70. The summed E-state index contributed by atoms with van der Waals surface area (Å²) in [6, 6.07) is 14.7.